The van der Waals surface area contributed by atoms with Gasteiger partial charge in [-0.3, -0.25) is 9.48 Å². The molecule has 0 atom stereocenters. The summed E-state index contributed by atoms with van der Waals surface area (Å²) in [5, 5.41) is 9.20. The van der Waals surface area contributed by atoms with Crippen molar-refractivity contribution in [1.29, 1.82) is 0 Å². The number of unbranched alkanes of at least 4 members (excludes halogenated alkanes) is 2. The summed E-state index contributed by atoms with van der Waals surface area (Å²) in [4.78, 5) is 24.0. The normalized spacial score (nSPS) is 11.4. The Hall–Kier alpha value is -5.44. The van der Waals surface area contributed by atoms with Crippen molar-refractivity contribution in [2.24, 2.45) is 0 Å². The van der Waals surface area contributed by atoms with E-state index in [0.29, 0.717) is 41.7 Å². The molecule has 2 heterocycles. The van der Waals surface area contributed by atoms with E-state index >= 15 is 0 Å². The van der Waals surface area contributed by atoms with Crippen LogP contribution in [0.5, 0.6) is 17.2 Å². The van der Waals surface area contributed by atoms with E-state index in [1.807, 2.05) is 66.9 Å². The number of ether oxygens (including phenoxy) is 3. The lowest BCUT2D eigenvalue weighted by atomic mass is 10.1. The highest BCUT2D eigenvalue weighted by Crippen LogP contribution is 2.29. The highest BCUT2D eigenvalue weighted by atomic mass is 16.5. The number of carbonyl (C=O) groups excluding carboxylic acids is 1. The molecule has 0 bridgehead atoms. The molecule has 0 spiro atoms. The van der Waals surface area contributed by atoms with Gasteiger partial charge in [0.15, 0.2) is 17.3 Å². The van der Waals surface area contributed by atoms with Crippen LogP contribution in [0.15, 0.2) is 106 Å². The molecule has 5 rings (SSSR count). The molecular weight excluding hydrogens is 558 g/mol. The van der Waals surface area contributed by atoms with Crippen LogP contribution in [0, 0.1) is 0 Å². The van der Waals surface area contributed by atoms with Gasteiger partial charge in [0.1, 0.15) is 23.6 Å². The van der Waals surface area contributed by atoms with E-state index in [0.717, 1.165) is 35.8 Å². The molecule has 2 aromatic heterocycles. The molecule has 0 aliphatic rings. The second kappa shape index (κ2) is 15.2. The Morgan fingerprint density at radius 1 is 0.841 bits per heavy atom. The van der Waals surface area contributed by atoms with Crippen molar-refractivity contribution < 1.29 is 23.4 Å². The summed E-state index contributed by atoms with van der Waals surface area (Å²) in [5.41, 5.74) is 2.58. The Balaban J connectivity index is 1.04. The molecule has 0 aliphatic carbocycles. The van der Waals surface area contributed by atoms with E-state index in [1.54, 1.807) is 36.1 Å². The van der Waals surface area contributed by atoms with Crippen LogP contribution in [-0.2, 0) is 17.9 Å². The van der Waals surface area contributed by atoms with Crippen molar-refractivity contribution in [3.63, 3.8) is 0 Å². The first-order valence-corrected chi connectivity index (χ1v) is 14.4. The van der Waals surface area contributed by atoms with Gasteiger partial charge in [-0.15, -0.1) is 5.10 Å². The third-order valence-electron chi connectivity index (χ3n) is 6.73. The smallest absolute Gasteiger partial charge is 0.339 e. The topological polar surface area (TPSA) is 106 Å². The van der Waals surface area contributed by atoms with E-state index in [4.69, 9.17) is 18.6 Å². The molecule has 0 amide bonds. The molecule has 5 aromatic rings. The van der Waals surface area contributed by atoms with Crippen molar-refractivity contribution >= 4 is 28.9 Å². The standard InChI is InChI=1S/C35H33N3O6/c1-41-34-22-27(15-18-29(39)17-14-26-10-4-2-5-11-26)16-19-32(34)43-25-28-24-38(37-36-28)20-8-3-9-21-42-33-23-35(40)44-31-13-7-6-12-30(31)33/h2,4-7,10-19,22-24H,3,8-9,20-21,25H2,1H3/b17-14+,18-15+. The van der Waals surface area contributed by atoms with Crippen LogP contribution in [0.2, 0.25) is 0 Å². The predicted molar refractivity (Wildman–Crippen MR) is 169 cm³/mol. The number of para-hydroxylation sites is 1. The number of hydrogen-bond donors (Lipinski definition) is 0. The largest absolute Gasteiger partial charge is 0.493 e. The van der Waals surface area contributed by atoms with E-state index < -0.39 is 5.63 Å². The lowest BCUT2D eigenvalue weighted by Crippen LogP contribution is -2.04. The molecule has 3 aromatic carbocycles. The van der Waals surface area contributed by atoms with Crippen molar-refractivity contribution in [3.05, 3.63) is 124 Å². The number of aryl methyl sites for hydroxylation is 1. The highest BCUT2D eigenvalue weighted by molar-refractivity contribution is 6.04. The SMILES string of the molecule is COc1cc(/C=C/C(=O)/C=C/c2ccccc2)ccc1OCc1cn(CCCCCOc2cc(=O)oc3ccccc23)nn1. The molecule has 224 valence electrons. The van der Waals surface area contributed by atoms with Gasteiger partial charge in [0.05, 0.1) is 31.4 Å². The van der Waals surface area contributed by atoms with Gasteiger partial charge in [-0.25, -0.2) is 4.79 Å². The number of nitrogens with zero attached hydrogens (tertiary/aromatic N) is 3. The van der Waals surface area contributed by atoms with Crippen LogP contribution < -0.4 is 19.8 Å². The number of carbonyl (C=O) groups is 1. The highest BCUT2D eigenvalue weighted by Gasteiger charge is 2.09. The zero-order valence-electron chi connectivity index (χ0n) is 24.4. The van der Waals surface area contributed by atoms with Gasteiger partial charge in [-0.2, -0.15) is 0 Å². The van der Waals surface area contributed by atoms with Crippen LogP contribution >= 0.6 is 0 Å². The summed E-state index contributed by atoms with van der Waals surface area (Å²) >= 11 is 0. The Morgan fingerprint density at radius 2 is 1.64 bits per heavy atom. The quantitative estimate of drug-likeness (QED) is 0.0770. The Labute approximate surface area is 255 Å². The lowest BCUT2D eigenvalue weighted by Gasteiger charge is -2.10. The number of fused-ring (bicyclic) bond motifs is 1. The number of aromatic nitrogens is 3. The molecule has 0 fully saturated rings. The maximum absolute atomic E-state index is 12.2. The van der Waals surface area contributed by atoms with Crippen LogP contribution in [0.1, 0.15) is 36.1 Å². The van der Waals surface area contributed by atoms with Gasteiger partial charge in [-0.05, 0) is 66.8 Å². The fraction of sp³-hybridized carbons (Fsp3) is 0.200. The summed E-state index contributed by atoms with van der Waals surface area (Å²) in [5.74, 6) is 1.56. The van der Waals surface area contributed by atoms with Gasteiger partial charge >= 0.3 is 5.63 Å². The van der Waals surface area contributed by atoms with Crippen molar-refractivity contribution in [3.8, 4) is 17.2 Å². The molecule has 0 radical (unpaired) electrons. The summed E-state index contributed by atoms with van der Waals surface area (Å²) < 4.78 is 24.3. The minimum absolute atomic E-state index is 0.110. The molecule has 0 saturated carbocycles. The number of methoxy groups -OCH3 is 1. The van der Waals surface area contributed by atoms with E-state index in [2.05, 4.69) is 10.3 Å². The summed E-state index contributed by atoms with van der Waals surface area (Å²) in [6, 6.07) is 23.9. The molecule has 0 N–H and O–H groups in total. The lowest BCUT2D eigenvalue weighted by molar-refractivity contribution is -0.110. The zero-order valence-corrected chi connectivity index (χ0v) is 24.4. The first kappa shape index (κ1) is 30.0. The fourth-order valence-electron chi connectivity index (χ4n) is 4.49. The molecule has 9 nitrogen and oxygen atoms in total. The summed E-state index contributed by atoms with van der Waals surface area (Å²) in [6.45, 7) is 1.46. The minimum Gasteiger partial charge on any atom is -0.493 e. The molecular formula is C35H33N3O6. The van der Waals surface area contributed by atoms with Crippen molar-refractivity contribution in [1.82, 2.24) is 15.0 Å². The number of allylic oxidation sites excluding steroid dienone is 2. The third kappa shape index (κ3) is 8.54. The molecule has 44 heavy (non-hydrogen) atoms. The maximum atomic E-state index is 12.2. The van der Waals surface area contributed by atoms with E-state index in [1.165, 1.54) is 18.2 Å². The monoisotopic (exact) mass is 591 g/mol. The van der Waals surface area contributed by atoms with Gasteiger partial charge < -0.3 is 18.6 Å². The predicted octanol–water partition coefficient (Wildman–Crippen LogP) is 6.52. The summed E-state index contributed by atoms with van der Waals surface area (Å²) in [6.07, 6.45) is 11.1. The molecule has 0 unspecified atom stereocenters. The Kier molecular flexibility index (Phi) is 10.3. The average Bonchev–Trinajstić information content (AvgIpc) is 3.51. The van der Waals surface area contributed by atoms with Gasteiger partial charge in [0, 0.05) is 6.54 Å². The van der Waals surface area contributed by atoms with Crippen LogP contribution in [0.3, 0.4) is 0 Å². The fourth-order valence-corrected chi connectivity index (χ4v) is 4.49. The Morgan fingerprint density at radius 3 is 2.48 bits per heavy atom. The molecule has 0 aliphatic heterocycles. The number of ketones is 1. The number of rotatable bonds is 15. The second-order valence-electron chi connectivity index (χ2n) is 9.99. The maximum Gasteiger partial charge on any atom is 0.339 e. The summed E-state index contributed by atoms with van der Waals surface area (Å²) in [7, 11) is 1.57. The van der Waals surface area contributed by atoms with E-state index in [9.17, 15) is 9.59 Å². The first-order valence-electron chi connectivity index (χ1n) is 14.4. The number of hydrogen-bond acceptors (Lipinski definition) is 8. The second-order valence-corrected chi connectivity index (χ2v) is 9.99. The number of benzene rings is 3. The minimum atomic E-state index is -0.423. The Bertz CT molecular complexity index is 1810. The van der Waals surface area contributed by atoms with Gasteiger partial charge in [-0.1, -0.05) is 65.9 Å². The van der Waals surface area contributed by atoms with Crippen LogP contribution in [0.4, 0.5) is 0 Å². The molecule has 0 saturated heterocycles. The van der Waals surface area contributed by atoms with Crippen LogP contribution in [0.25, 0.3) is 23.1 Å². The zero-order chi connectivity index (χ0) is 30.6. The van der Waals surface area contributed by atoms with Crippen LogP contribution in [-0.4, -0.2) is 34.5 Å². The molecule has 9 heteroatoms. The van der Waals surface area contributed by atoms with Crippen molar-refractivity contribution in [2.45, 2.75) is 32.4 Å². The van der Waals surface area contributed by atoms with Crippen molar-refractivity contribution in [2.75, 3.05) is 13.7 Å². The van der Waals surface area contributed by atoms with Gasteiger partial charge in [0.25, 0.3) is 0 Å². The first-order chi connectivity index (χ1) is 21.6. The third-order valence-corrected chi connectivity index (χ3v) is 6.73. The average molecular weight is 592 g/mol. The van der Waals surface area contributed by atoms with E-state index in [-0.39, 0.29) is 12.4 Å². The van der Waals surface area contributed by atoms with Gasteiger partial charge in [0.2, 0.25) is 0 Å².